The Morgan fingerprint density at radius 2 is 2.62 bits per heavy atom. The number of aromatic nitrogens is 2. The van der Waals surface area contributed by atoms with Gasteiger partial charge in [0.15, 0.2) is 5.82 Å². The Balaban J connectivity index is 1.71. The highest BCUT2D eigenvalue weighted by Gasteiger charge is 2.28. The van der Waals surface area contributed by atoms with Crippen LogP contribution in [0.4, 0.5) is 0 Å². The fourth-order valence-corrected chi connectivity index (χ4v) is 1.90. The largest absolute Gasteiger partial charge is 0.354 e. The maximum atomic E-state index is 11.7. The van der Waals surface area contributed by atoms with Gasteiger partial charge >= 0.3 is 0 Å². The van der Waals surface area contributed by atoms with Gasteiger partial charge in [0.05, 0.1) is 6.04 Å². The van der Waals surface area contributed by atoms with Crippen LogP contribution in [-0.2, 0) is 11.2 Å². The number of rotatable bonds is 4. The predicted octanol–water partition coefficient (Wildman–Crippen LogP) is -0.274. The number of nitrogens with zero attached hydrogens (tertiary/aromatic N) is 2. The SMILES string of the molecule is CC1CCNC1C(=O)NCCc1ncon1. The zero-order valence-electron chi connectivity index (χ0n) is 9.27. The minimum Gasteiger partial charge on any atom is -0.354 e. The number of amides is 1. The number of hydrogen-bond donors (Lipinski definition) is 2. The Morgan fingerprint density at radius 3 is 3.25 bits per heavy atom. The first-order chi connectivity index (χ1) is 7.77. The molecule has 0 aromatic carbocycles. The third kappa shape index (κ3) is 2.57. The van der Waals surface area contributed by atoms with Gasteiger partial charge < -0.3 is 15.2 Å². The van der Waals surface area contributed by atoms with E-state index >= 15 is 0 Å². The summed E-state index contributed by atoms with van der Waals surface area (Å²) in [5, 5.41) is 9.73. The van der Waals surface area contributed by atoms with Gasteiger partial charge in [0, 0.05) is 13.0 Å². The van der Waals surface area contributed by atoms with E-state index < -0.39 is 0 Å². The van der Waals surface area contributed by atoms with Crippen LogP contribution in [0.1, 0.15) is 19.2 Å². The average molecular weight is 224 g/mol. The Kier molecular flexibility index (Phi) is 3.51. The molecular weight excluding hydrogens is 208 g/mol. The van der Waals surface area contributed by atoms with Crippen molar-refractivity contribution in [3.05, 3.63) is 12.2 Å². The van der Waals surface area contributed by atoms with Crippen molar-refractivity contribution in [3.8, 4) is 0 Å². The molecule has 0 saturated carbocycles. The molecule has 1 aliphatic rings. The van der Waals surface area contributed by atoms with Crippen LogP contribution in [0.3, 0.4) is 0 Å². The van der Waals surface area contributed by atoms with E-state index in [2.05, 4.69) is 32.2 Å². The lowest BCUT2D eigenvalue weighted by molar-refractivity contribution is -0.123. The first kappa shape index (κ1) is 11.1. The fourth-order valence-electron chi connectivity index (χ4n) is 1.90. The summed E-state index contributed by atoms with van der Waals surface area (Å²) in [5.74, 6) is 1.09. The van der Waals surface area contributed by atoms with E-state index in [1.807, 2.05) is 0 Å². The second-order valence-electron chi connectivity index (χ2n) is 4.09. The van der Waals surface area contributed by atoms with Crippen molar-refractivity contribution in [2.45, 2.75) is 25.8 Å². The molecule has 1 fully saturated rings. The molecule has 2 heterocycles. The second-order valence-corrected chi connectivity index (χ2v) is 4.09. The van der Waals surface area contributed by atoms with Gasteiger partial charge in [0.2, 0.25) is 12.3 Å². The molecular formula is C10H16N4O2. The van der Waals surface area contributed by atoms with E-state index in [9.17, 15) is 4.79 Å². The molecule has 1 aromatic heterocycles. The molecule has 88 valence electrons. The minimum absolute atomic E-state index is 0.0507. The highest BCUT2D eigenvalue weighted by molar-refractivity contribution is 5.82. The van der Waals surface area contributed by atoms with Crippen LogP contribution in [0.15, 0.2) is 10.9 Å². The molecule has 6 heteroatoms. The molecule has 0 spiro atoms. The minimum atomic E-state index is -0.0507. The summed E-state index contributed by atoms with van der Waals surface area (Å²) < 4.78 is 4.60. The van der Waals surface area contributed by atoms with Crippen LogP contribution < -0.4 is 10.6 Å². The molecule has 0 aliphatic carbocycles. The van der Waals surface area contributed by atoms with Crippen molar-refractivity contribution in [1.29, 1.82) is 0 Å². The Bertz CT molecular complexity index is 339. The second kappa shape index (κ2) is 5.07. The zero-order chi connectivity index (χ0) is 11.4. The van der Waals surface area contributed by atoms with Gasteiger partial charge in [0.1, 0.15) is 0 Å². The molecule has 16 heavy (non-hydrogen) atoms. The van der Waals surface area contributed by atoms with Crippen LogP contribution in [0, 0.1) is 5.92 Å². The topological polar surface area (TPSA) is 80.0 Å². The first-order valence-corrected chi connectivity index (χ1v) is 5.53. The molecule has 2 N–H and O–H groups in total. The highest BCUT2D eigenvalue weighted by atomic mass is 16.5. The summed E-state index contributed by atoms with van der Waals surface area (Å²) in [7, 11) is 0. The lowest BCUT2D eigenvalue weighted by Crippen LogP contribution is -2.43. The molecule has 1 aromatic rings. The summed E-state index contributed by atoms with van der Waals surface area (Å²) in [6, 6.07) is -0.0507. The van der Waals surface area contributed by atoms with Crippen LogP contribution in [0.5, 0.6) is 0 Å². The smallest absolute Gasteiger partial charge is 0.237 e. The zero-order valence-corrected chi connectivity index (χ0v) is 9.27. The number of carbonyl (C=O) groups excluding carboxylic acids is 1. The maximum absolute atomic E-state index is 11.7. The monoisotopic (exact) mass is 224 g/mol. The number of nitrogens with one attached hydrogen (secondary N) is 2. The standard InChI is InChI=1S/C10H16N4O2/c1-7-2-4-11-9(7)10(15)12-5-3-8-13-6-16-14-8/h6-7,9,11H,2-5H2,1H3,(H,12,15). The quantitative estimate of drug-likeness (QED) is 0.735. The van der Waals surface area contributed by atoms with Gasteiger partial charge in [-0.25, -0.2) is 0 Å². The van der Waals surface area contributed by atoms with Crippen LogP contribution in [0.25, 0.3) is 0 Å². The van der Waals surface area contributed by atoms with Gasteiger partial charge in [-0.2, -0.15) is 4.98 Å². The van der Waals surface area contributed by atoms with E-state index in [0.29, 0.717) is 24.7 Å². The summed E-state index contributed by atoms with van der Waals surface area (Å²) >= 11 is 0. The summed E-state index contributed by atoms with van der Waals surface area (Å²) in [4.78, 5) is 15.6. The summed E-state index contributed by atoms with van der Waals surface area (Å²) in [6.45, 7) is 3.55. The molecule has 6 nitrogen and oxygen atoms in total. The van der Waals surface area contributed by atoms with Crippen LogP contribution in [0.2, 0.25) is 0 Å². The van der Waals surface area contributed by atoms with Gasteiger partial charge in [-0.05, 0) is 18.9 Å². The normalized spacial score (nSPS) is 24.6. The summed E-state index contributed by atoms with van der Waals surface area (Å²) in [6.07, 6.45) is 2.95. The van der Waals surface area contributed by atoms with E-state index in [-0.39, 0.29) is 11.9 Å². The van der Waals surface area contributed by atoms with Crippen LogP contribution in [-0.4, -0.2) is 35.2 Å². The van der Waals surface area contributed by atoms with Crippen molar-refractivity contribution >= 4 is 5.91 Å². The van der Waals surface area contributed by atoms with Crippen molar-refractivity contribution in [2.24, 2.45) is 5.92 Å². The molecule has 0 bridgehead atoms. The number of carbonyl (C=O) groups is 1. The van der Waals surface area contributed by atoms with Crippen molar-refractivity contribution < 1.29 is 9.32 Å². The van der Waals surface area contributed by atoms with E-state index in [4.69, 9.17) is 0 Å². The van der Waals surface area contributed by atoms with Crippen molar-refractivity contribution in [2.75, 3.05) is 13.1 Å². The molecule has 1 saturated heterocycles. The lowest BCUT2D eigenvalue weighted by atomic mass is 10.0. The highest BCUT2D eigenvalue weighted by Crippen LogP contribution is 2.13. The molecule has 0 radical (unpaired) electrons. The average Bonchev–Trinajstić information content (AvgIpc) is 2.88. The van der Waals surface area contributed by atoms with E-state index in [0.717, 1.165) is 13.0 Å². The molecule has 2 unspecified atom stereocenters. The molecule has 1 amide bonds. The third-order valence-corrected chi connectivity index (χ3v) is 2.87. The molecule has 2 atom stereocenters. The van der Waals surface area contributed by atoms with Gasteiger partial charge in [-0.1, -0.05) is 12.1 Å². The van der Waals surface area contributed by atoms with E-state index in [1.165, 1.54) is 6.39 Å². The third-order valence-electron chi connectivity index (χ3n) is 2.87. The summed E-state index contributed by atoms with van der Waals surface area (Å²) in [5.41, 5.74) is 0. The Hall–Kier alpha value is -1.43. The Labute approximate surface area is 93.8 Å². The first-order valence-electron chi connectivity index (χ1n) is 5.53. The number of hydrogen-bond acceptors (Lipinski definition) is 5. The van der Waals surface area contributed by atoms with Crippen LogP contribution >= 0.6 is 0 Å². The van der Waals surface area contributed by atoms with Gasteiger partial charge in [-0.15, -0.1) is 0 Å². The van der Waals surface area contributed by atoms with Crippen molar-refractivity contribution in [1.82, 2.24) is 20.8 Å². The fraction of sp³-hybridized carbons (Fsp3) is 0.700. The maximum Gasteiger partial charge on any atom is 0.237 e. The lowest BCUT2D eigenvalue weighted by Gasteiger charge is -2.14. The van der Waals surface area contributed by atoms with Gasteiger partial charge in [-0.3, -0.25) is 4.79 Å². The molecule has 1 aliphatic heterocycles. The predicted molar refractivity (Wildman–Crippen MR) is 56.6 cm³/mol. The van der Waals surface area contributed by atoms with Crippen molar-refractivity contribution in [3.63, 3.8) is 0 Å². The van der Waals surface area contributed by atoms with Gasteiger partial charge in [0.25, 0.3) is 0 Å². The van der Waals surface area contributed by atoms with E-state index in [1.54, 1.807) is 0 Å². The Morgan fingerprint density at radius 1 is 1.75 bits per heavy atom. The molecule has 2 rings (SSSR count).